The van der Waals surface area contributed by atoms with Gasteiger partial charge in [0.05, 0.1) is 5.02 Å². The quantitative estimate of drug-likeness (QED) is 0.846. The van der Waals surface area contributed by atoms with Crippen molar-refractivity contribution in [2.45, 2.75) is 18.9 Å². The van der Waals surface area contributed by atoms with E-state index in [4.69, 9.17) is 17.3 Å². The summed E-state index contributed by atoms with van der Waals surface area (Å²) in [5, 5.41) is 0.740. The van der Waals surface area contributed by atoms with Gasteiger partial charge in [0.2, 0.25) is 0 Å². The maximum atomic E-state index is 6.06. The number of likely N-dealkylation sites (N-methyl/N-ethyl adjacent to an activating group) is 1. The van der Waals surface area contributed by atoms with Gasteiger partial charge in [-0.1, -0.05) is 17.7 Å². The number of halogens is 2. The van der Waals surface area contributed by atoms with Crippen LogP contribution in [0.5, 0.6) is 0 Å². The fourth-order valence-corrected chi connectivity index (χ4v) is 3.27. The summed E-state index contributed by atoms with van der Waals surface area (Å²) in [5.74, 6) is 0. The van der Waals surface area contributed by atoms with E-state index in [1.165, 1.54) is 31.5 Å². The van der Waals surface area contributed by atoms with Crippen LogP contribution in [0, 0.1) is 0 Å². The Kier molecular flexibility index (Phi) is 6.30. The van der Waals surface area contributed by atoms with Crippen molar-refractivity contribution in [1.82, 2.24) is 9.80 Å². The standard InChI is InChI=1S/C15H23BrClN3/c1-19(8-9-20-6-2-3-7-20)15(11-18)12-4-5-14(17)13(16)10-12/h4-5,10,15H,2-3,6-9,11,18H2,1H3. The van der Waals surface area contributed by atoms with Gasteiger partial charge in [-0.15, -0.1) is 0 Å². The molecular weight excluding hydrogens is 338 g/mol. The highest BCUT2D eigenvalue weighted by atomic mass is 79.9. The van der Waals surface area contributed by atoms with Crippen LogP contribution in [0.1, 0.15) is 24.4 Å². The van der Waals surface area contributed by atoms with E-state index in [9.17, 15) is 0 Å². The monoisotopic (exact) mass is 359 g/mol. The first-order chi connectivity index (χ1) is 9.61. The highest BCUT2D eigenvalue weighted by Crippen LogP contribution is 2.27. The summed E-state index contributed by atoms with van der Waals surface area (Å²) < 4.78 is 0.933. The molecule has 0 saturated carbocycles. The van der Waals surface area contributed by atoms with Gasteiger partial charge in [-0.25, -0.2) is 0 Å². The lowest BCUT2D eigenvalue weighted by molar-refractivity contribution is 0.209. The largest absolute Gasteiger partial charge is 0.329 e. The molecule has 1 saturated heterocycles. The summed E-state index contributed by atoms with van der Waals surface area (Å²) in [6.45, 7) is 5.27. The Morgan fingerprint density at radius 2 is 2.10 bits per heavy atom. The Balaban J connectivity index is 1.96. The molecule has 1 aromatic rings. The number of likely N-dealkylation sites (tertiary alicyclic amines) is 1. The van der Waals surface area contributed by atoms with Crippen LogP contribution in [0.25, 0.3) is 0 Å². The van der Waals surface area contributed by atoms with E-state index in [1.54, 1.807) is 0 Å². The topological polar surface area (TPSA) is 32.5 Å². The predicted octanol–water partition coefficient (Wildman–Crippen LogP) is 3.13. The molecule has 1 fully saturated rings. The van der Waals surface area contributed by atoms with Crippen LogP contribution in [-0.4, -0.2) is 49.6 Å². The molecule has 1 atom stereocenters. The van der Waals surface area contributed by atoms with Gasteiger partial charge in [0.25, 0.3) is 0 Å². The Hall–Kier alpha value is -0.130. The molecule has 0 bridgehead atoms. The number of nitrogens with zero attached hydrogens (tertiary/aromatic N) is 2. The third kappa shape index (κ3) is 4.18. The molecule has 0 spiro atoms. The molecule has 1 aromatic carbocycles. The second-order valence-corrected chi connectivity index (χ2v) is 6.72. The van der Waals surface area contributed by atoms with Crippen LogP contribution in [0.15, 0.2) is 22.7 Å². The zero-order valence-corrected chi connectivity index (χ0v) is 14.3. The van der Waals surface area contributed by atoms with Crippen LogP contribution in [-0.2, 0) is 0 Å². The number of benzene rings is 1. The van der Waals surface area contributed by atoms with Crippen molar-refractivity contribution >= 4 is 27.5 Å². The minimum absolute atomic E-state index is 0.242. The fourth-order valence-electron chi connectivity index (χ4n) is 2.75. The van der Waals surface area contributed by atoms with Crippen LogP contribution < -0.4 is 5.73 Å². The van der Waals surface area contributed by atoms with E-state index in [0.717, 1.165) is 22.6 Å². The molecule has 0 radical (unpaired) electrons. The van der Waals surface area contributed by atoms with Gasteiger partial charge in [-0.05, 0) is 66.6 Å². The molecule has 1 unspecified atom stereocenters. The minimum atomic E-state index is 0.242. The van der Waals surface area contributed by atoms with Gasteiger partial charge >= 0.3 is 0 Å². The number of nitrogens with two attached hydrogens (primary N) is 1. The van der Waals surface area contributed by atoms with Crippen LogP contribution in [0.3, 0.4) is 0 Å². The summed E-state index contributed by atoms with van der Waals surface area (Å²) in [6, 6.07) is 6.31. The molecule has 3 nitrogen and oxygen atoms in total. The highest BCUT2D eigenvalue weighted by molar-refractivity contribution is 9.10. The summed E-state index contributed by atoms with van der Waals surface area (Å²) in [7, 11) is 2.15. The maximum absolute atomic E-state index is 6.06. The van der Waals surface area contributed by atoms with E-state index in [2.05, 4.69) is 44.9 Å². The Morgan fingerprint density at radius 3 is 2.70 bits per heavy atom. The SMILES string of the molecule is CN(CCN1CCCC1)C(CN)c1ccc(Cl)c(Br)c1. The molecule has 5 heteroatoms. The average Bonchev–Trinajstić information content (AvgIpc) is 2.94. The second kappa shape index (κ2) is 7.76. The van der Waals surface area contributed by atoms with E-state index >= 15 is 0 Å². The molecular formula is C15H23BrClN3. The van der Waals surface area contributed by atoms with Crippen molar-refractivity contribution in [3.05, 3.63) is 33.3 Å². The lowest BCUT2D eigenvalue weighted by Gasteiger charge is -2.29. The van der Waals surface area contributed by atoms with Gasteiger partial charge in [0.15, 0.2) is 0 Å². The smallest absolute Gasteiger partial charge is 0.0548 e. The van der Waals surface area contributed by atoms with Gasteiger partial charge in [-0.3, -0.25) is 4.90 Å². The van der Waals surface area contributed by atoms with Crippen molar-refractivity contribution in [2.75, 3.05) is 39.8 Å². The van der Waals surface area contributed by atoms with Gasteiger partial charge in [0.1, 0.15) is 0 Å². The minimum Gasteiger partial charge on any atom is -0.329 e. The maximum Gasteiger partial charge on any atom is 0.0548 e. The molecule has 2 N–H and O–H groups in total. The van der Waals surface area contributed by atoms with Gasteiger partial charge < -0.3 is 10.6 Å². The Bertz CT molecular complexity index is 435. The van der Waals surface area contributed by atoms with Crippen LogP contribution in [0.2, 0.25) is 5.02 Å². The molecule has 1 aliphatic heterocycles. The van der Waals surface area contributed by atoms with Crippen molar-refractivity contribution < 1.29 is 0 Å². The van der Waals surface area contributed by atoms with E-state index in [0.29, 0.717) is 6.54 Å². The van der Waals surface area contributed by atoms with Crippen LogP contribution >= 0.6 is 27.5 Å². The number of hydrogen-bond donors (Lipinski definition) is 1. The van der Waals surface area contributed by atoms with E-state index in [-0.39, 0.29) is 6.04 Å². The molecule has 0 aromatic heterocycles. The summed E-state index contributed by atoms with van der Waals surface area (Å²) in [6.07, 6.45) is 2.68. The third-order valence-corrected chi connectivity index (χ3v) is 5.27. The van der Waals surface area contributed by atoms with Crippen molar-refractivity contribution in [3.8, 4) is 0 Å². The summed E-state index contributed by atoms with van der Waals surface area (Å²) in [4.78, 5) is 4.87. The zero-order chi connectivity index (χ0) is 14.5. The lowest BCUT2D eigenvalue weighted by atomic mass is 10.1. The number of hydrogen-bond acceptors (Lipinski definition) is 3. The fraction of sp³-hybridized carbons (Fsp3) is 0.600. The van der Waals surface area contributed by atoms with Gasteiger partial charge in [0, 0.05) is 30.1 Å². The van der Waals surface area contributed by atoms with E-state index in [1.807, 2.05) is 6.07 Å². The molecule has 1 aliphatic rings. The van der Waals surface area contributed by atoms with Crippen molar-refractivity contribution in [2.24, 2.45) is 5.73 Å². The average molecular weight is 361 g/mol. The first-order valence-corrected chi connectivity index (χ1v) is 8.36. The Labute approximate surface area is 135 Å². The van der Waals surface area contributed by atoms with E-state index < -0.39 is 0 Å². The predicted molar refractivity (Wildman–Crippen MR) is 89.3 cm³/mol. The molecule has 20 heavy (non-hydrogen) atoms. The summed E-state index contributed by atoms with van der Waals surface area (Å²) >= 11 is 9.54. The van der Waals surface area contributed by atoms with Crippen molar-refractivity contribution in [1.29, 1.82) is 0 Å². The normalized spacial score (nSPS) is 17.9. The first-order valence-electron chi connectivity index (χ1n) is 7.19. The van der Waals surface area contributed by atoms with Crippen LogP contribution in [0.4, 0.5) is 0 Å². The highest BCUT2D eigenvalue weighted by Gasteiger charge is 2.18. The lowest BCUT2D eigenvalue weighted by Crippen LogP contribution is -2.36. The first kappa shape index (κ1) is 16.2. The number of rotatable bonds is 6. The molecule has 0 amide bonds. The summed E-state index contributed by atoms with van der Waals surface area (Å²) in [5.41, 5.74) is 7.19. The Morgan fingerprint density at radius 1 is 1.40 bits per heavy atom. The van der Waals surface area contributed by atoms with Gasteiger partial charge in [-0.2, -0.15) is 0 Å². The third-order valence-electron chi connectivity index (χ3n) is 4.05. The molecule has 2 rings (SSSR count). The zero-order valence-electron chi connectivity index (χ0n) is 12.0. The molecule has 112 valence electrons. The molecule has 1 heterocycles. The second-order valence-electron chi connectivity index (χ2n) is 5.45. The van der Waals surface area contributed by atoms with Crippen molar-refractivity contribution in [3.63, 3.8) is 0 Å². The molecule has 0 aliphatic carbocycles.